The molecular formula is C23H21Cl2NO5S. The van der Waals surface area contributed by atoms with E-state index >= 15 is 0 Å². The molecule has 0 spiro atoms. The molecule has 3 aromatic rings. The topological polar surface area (TPSA) is 73.9 Å². The number of methoxy groups -OCH3 is 3. The Balaban J connectivity index is 1.94. The van der Waals surface area contributed by atoms with E-state index in [0.717, 1.165) is 5.56 Å². The Kier molecular flexibility index (Phi) is 7.56. The number of halogens is 2. The van der Waals surface area contributed by atoms with Gasteiger partial charge >= 0.3 is 0 Å². The third-order valence-corrected chi connectivity index (χ3v) is 6.65. The Morgan fingerprint density at radius 3 is 2.06 bits per heavy atom. The summed E-state index contributed by atoms with van der Waals surface area (Å²) in [6.45, 7) is 0. The average Bonchev–Trinajstić information content (AvgIpc) is 2.79. The number of para-hydroxylation sites is 1. The number of hydrogen-bond donors (Lipinski definition) is 1. The van der Waals surface area contributed by atoms with Crippen molar-refractivity contribution in [1.82, 2.24) is 0 Å². The lowest BCUT2D eigenvalue weighted by Gasteiger charge is -2.13. The van der Waals surface area contributed by atoms with Crippen molar-refractivity contribution in [2.45, 2.75) is 4.90 Å². The molecule has 0 bridgehead atoms. The van der Waals surface area contributed by atoms with Gasteiger partial charge in [-0.2, -0.15) is 0 Å². The lowest BCUT2D eigenvalue weighted by molar-refractivity contribution is 0.324. The molecule has 0 aliphatic carbocycles. The zero-order valence-electron chi connectivity index (χ0n) is 17.6. The highest BCUT2D eigenvalue weighted by atomic mass is 35.5. The molecule has 1 N–H and O–H groups in total. The van der Waals surface area contributed by atoms with Crippen LogP contribution >= 0.6 is 23.2 Å². The first kappa shape index (κ1) is 23.8. The molecule has 0 aliphatic rings. The fraction of sp³-hybridized carbons (Fsp3) is 0.130. The molecule has 0 aliphatic heterocycles. The quantitative estimate of drug-likeness (QED) is 0.390. The smallest absolute Gasteiger partial charge is 0.261 e. The van der Waals surface area contributed by atoms with E-state index in [4.69, 9.17) is 37.4 Å². The van der Waals surface area contributed by atoms with Gasteiger partial charge in [0.05, 0.1) is 42.0 Å². The molecule has 9 heteroatoms. The van der Waals surface area contributed by atoms with E-state index in [1.54, 1.807) is 36.4 Å². The van der Waals surface area contributed by atoms with Gasteiger partial charge < -0.3 is 14.2 Å². The van der Waals surface area contributed by atoms with Gasteiger partial charge in [0.1, 0.15) is 0 Å². The predicted octanol–water partition coefficient (Wildman–Crippen LogP) is 5.99. The molecular weight excluding hydrogens is 473 g/mol. The van der Waals surface area contributed by atoms with E-state index in [-0.39, 0.29) is 14.9 Å². The van der Waals surface area contributed by atoms with E-state index in [9.17, 15) is 8.42 Å². The second-order valence-corrected chi connectivity index (χ2v) is 9.06. The summed E-state index contributed by atoms with van der Waals surface area (Å²) < 4.78 is 44.4. The Morgan fingerprint density at radius 1 is 0.812 bits per heavy atom. The van der Waals surface area contributed by atoms with E-state index in [0.29, 0.717) is 28.5 Å². The van der Waals surface area contributed by atoms with Crippen LogP contribution in [0.1, 0.15) is 11.1 Å². The molecule has 0 saturated carbocycles. The van der Waals surface area contributed by atoms with Crippen molar-refractivity contribution in [3.05, 3.63) is 75.8 Å². The normalized spacial score (nSPS) is 11.4. The van der Waals surface area contributed by atoms with Gasteiger partial charge in [-0.05, 0) is 47.5 Å². The first-order valence-corrected chi connectivity index (χ1v) is 11.6. The van der Waals surface area contributed by atoms with E-state index in [2.05, 4.69) is 4.72 Å². The molecule has 3 aromatic carbocycles. The second kappa shape index (κ2) is 10.2. The highest BCUT2D eigenvalue weighted by Gasteiger charge is 2.17. The van der Waals surface area contributed by atoms with E-state index < -0.39 is 10.0 Å². The van der Waals surface area contributed by atoms with Crippen LogP contribution < -0.4 is 18.9 Å². The summed E-state index contributed by atoms with van der Waals surface area (Å²) in [6, 6.07) is 14.7. The molecule has 168 valence electrons. The molecule has 0 radical (unpaired) electrons. The van der Waals surface area contributed by atoms with Crippen molar-refractivity contribution >= 4 is 51.1 Å². The highest BCUT2D eigenvalue weighted by molar-refractivity contribution is 7.92. The first-order valence-electron chi connectivity index (χ1n) is 9.34. The minimum Gasteiger partial charge on any atom is -0.493 e. The number of benzene rings is 3. The molecule has 0 heterocycles. The first-order chi connectivity index (χ1) is 15.3. The van der Waals surface area contributed by atoms with E-state index in [1.807, 2.05) is 12.1 Å². The van der Waals surface area contributed by atoms with Crippen LogP contribution in [-0.2, 0) is 10.0 Å². The molecule has 3 rings (SSSR count). The molecule has 0 fully saturated rings. The van der Waals surface area contributed by atoms with Crippen LogP contribution in [0.15, 0.2) is 59.5 Å². The van der Waals surface area contributed by atoms with Crippen LogP contribution in [-0.4, -0.2) is 29.7 Å². The van der Waals surface area contributed by atoms with Crippen molar-refractivity contribution in [2.24, 2.45) is 0 Å². The molecule has 0 atom stereocenters. The third-order valence-electron chi connectivity index (χ3n) is 4.55. The van der Waals surface area contributed by atoms with Crippen molar-refractivity contribution in [3.63, 3.8) is 0 Å². The summed E-state index contributed by atoms with van der Waals surface area (Å²) >= 11 is 11.9. The maximum absolute atomic E-state index is 12.8. The maximum atomic E-state index is 12.8. The van der Waals surface area contributed by atoms with Crippen LogP contribution in [0.25, 0.3) is 12.2 Å². The summed E-state index contributed by atoms with van der Waals surface area (Å²) in [6.07, 6.45) is 3.60. The lowest BCUT2D eigenvalue weighted by Crippen LogP contribution is -2.13. The summed E-state index contributed by atoms with van der Waals surface area (Å²) in [7, 11) is 0.741. The van der Waals surface area contributed by atoms with Gasteiger partial charge in [-0.15, -0.1) is 0 Å². The summed E-state index contributed by atoms with van der Waals surface area (Å²) in [5.74, 6) is 1.52. The number of rotatable bonds is 8. The molecule has 0 saturated heterocycles. The Hall–Kier alpha value is -2.87. The van der Waals surface area contributed by atoms with E-state index in [1.165, 1.54) is 39.5 Å². The van der Waals surface area contributed by atoms with Gasteiger partial charge in [0.2, 0.25) is 5.75 Å². The van der Waals surface area contributed by atoms with Crippen LogP contribution in [0.2, 0.25) is 10.0 Å². The Bertz CT molecular complexity index is 1230. The lowest BCUT2D eigenvalue weighted by atomic mass is 10.1. The molecule has 0 unspecified atom stereocenters. The maximum Gasteiger partial charge on any atom is 0.261 e. The Morgan fingerprint density at radius 2 is 1.47 bits per heavy atom. The van der Waals surface area contributed by atoms with Crippen LogP contribution in [0.4, 0.5) is 5.69 Å². The average molecular weight is 494 g/mol. The molecule has 32 heavy (non-hydrogen) atoms. The van der Waals surface area contributed by atoms with Crippen molar-refractivity contribution in [2.75, 3.05) is 26.1 Å². The minimum atomic E-state index is -3.87. The highest BCUT2D eigenvalue weighted by Crippen LogP contribution is 2.38. The van der Waals surface area contributed by atoms with Crippen LogP contribution in [0.3, 0.4) is 0 Å². The van der Waals surface area contributed by atoms with Gasteiger partial charge in [0.15, 0.2) is 11.5 Å². The van der Waals surface area contributed by atoms with Gasteiger partial charge in [0, 0.05) is 0 Å². The van der Waals surface area contributed by atoms with Crippen molar-refractivity contribution in [1.29, 1.82) is 0 Å². The summed E-state index contributed by atoms with van der Waals surface area (Å²) in [5, 5.41) is 0.435. The SMILES string of the molecule is COc1cc(/C=C\c2ccccc2NS(=O)(=O)c2ccc(Cl)c(Cl)c2)cc(OC)c1OC. The standard InChI is InChI=1S/C23H21Cl2NO5S/c1-29-21-12-15(13-22(30-2)23(21)31-3)8-9-16-6-4-5-7-20(16)26-32(27,28)17-10-11-18(24)19(25)14-17/h4-14,26H,1-3H3/b9-8-. The van der Waals surface area contributed by atoms with Gasteiger partial charge in [-0.25, -0.2) is 8.42 Å². The number of hydrogen-bond acceptors (Lipinski definition) is 5. The largest absolute Gasteiger partial charge is 0.493 e. The van der Waals surface area contributed by atoms with Gasteiger partial charge in [0.25, 0.3) is 10.0 Å². The molecule has 0 aromatic heterocycles. The number of anilines is 1. The van der Waals surface area contributed by atoms with Crippen LogP contribution in [0, 0.1) is 0 Å². The van der Waals surface area contributed by atoms with Crippen LogP contribution in [0.5, 0.6) is 17.2 Å². The summed E-state index contributed by atoms with van der Waals surface area (Å²) in [4.78, 5) is 0.00955. The summed E-state index contributed by atoms with van der Waals surface area (Å²) in [5.41, 5.74) is 1.84. The zero-order valence-corrected chi connectivity index (χ0v) is 19.9. The third kappa shape index (κ3) is 5.30. The van der Waals surface area contributed by atoms with Crippen molar-refractivity contribution < 1.29 is 22.6 Å². The zero-order chi connectivity index (χ0) is 23.3. The van der Waals surface area contributed by atoms with Gasteiger partial charge in [-0.1, -0.05) is 53.6 Å². The fourth-order valence-corrected chi connectivity index (χ4v) is 4.44. The van der Waals surface area contributed by atoms with Gasteiger partial charge in [-0.3, -0.25) is 4.72 Å². The fourth-order valence-electron chi connectivity index (χ4n) is 2.97. The minimum absolute atomic E-state index is 0.00955. The molecule has 0 amide bonds. The number of sulfonamides is 1. The monoisotopic (exact) mass is 493 g/mol. The molecule has 6 nitrogen and oxygen atoms in total. The van der Waals surface area contributed by atoms with Crippen molar-refractivity contribution in [3.8, 4) is 17.2 Å². The predicted molar refractivity (Wildman–Crippen MR) is 129 cm³/mol. The second-order valence-electron chi connectivity index (χ2n) is 6.56. The number of ether oxygens (including phenoxy) is 3. The Labute approximate surface area is 197 Å². The number of nitrogens with one attached hydrogen (secondary N) is 1.